The van der Waals surface area contributed by atoms with Gasteiger partial charge in [-0.05, 0) is 56.9 Å². The van der Waals surface area contributed by atoms with Crippen molar-refractivity contribution >= 4 is 11.6 Å². The number of amides is 1. The molecule has 2 N–H and O–H groups in total. The van der Waals surface area contributed by atoms with Crippen molar-refractivity contribution < 1.29 is 4.79 Å². The van der Waals surface area contributed by atoms with Crippen LogP contribution in [0.1, 0.15) is 42.1 Å². The number of nitrogens with one attached hydrogen (secondary N) is 2. The number of carbonyl (C=O) groups excluding carboxylic acids is 1. The summed E-state index contributed by atoms with van der Waals surface area (Å²) in [6, 6.07) is 7.92. The third-order valence-electron chi connectivity index (χ3n) is 4.71. The zero-order chi connectivity index (χ0) is 15.0. The number of carbonyl (C=O) groups is 1. The summed E-state index contributed by atoms with van der Waals surface area (Å²) in [6.45, 7) is 5.54. The van der Waals surface area contributed by atoms with E-state index in [4.69, 9.17) is 0 Å². The van der Waals surface area contributed by atoms with E-state index >= 15 is 0 Å². The van der Waals surface area contributed by atoms with Crippen LogP contribution in [-0.4, -0.2) is 42.5 Å². The van der Waals surface area contributed by atoms with Crippen LogP contribution in [0.25, 0.3) is 0 Å². The summed E-state index contributed by atoms with van der Waals surface area (Å²) in [5, 5.41) is 6.33. The van der Waals surface area contributed by atoms with E-state index in [2.05, 4.69) is 29.4 Å². The first kappa shape index (κ1) is 14.4. The second-order valence-electron chi connectivity index (χ2n) is 6.46. The normalized spacial score (nSPS) is 25.9. The van der Waals surface area contributed by atoms with Gasteiger partial charge in [-0.3, -0.25) is 9.69 Å². The molecule has 4 nitrogen and oxygen atoms in total. The van der Waals surface area contributed by atoms with E-state index in [-0.39, 0.29) is 5.91 Å². The lowest BCUT2D eigenvalue weighted by molar-refractivity contribution is 0.0963. The number of rotatable bonds is 4. The van der Waals surface area contributed by atoms with Crippen LogP contribution < -0.4 is 10.6 Å². The highest BCUT2D eigenvalue weighted by atomic mass is 16.1. The van der Waals surface area contributed by atoms with Crippen LogP contribution in [0.5, 0.6) is 0 Å². The van der Waals surface area contributed by atoms with Crippen LogP contribution in [0.15, 0.2) is 18.2 Å². The van der Waals surface area contributed by atoms with Gasteiger partial charge in [-0.25, -0.2) is 0 Å². The molecule has 0 spiro atoms. The van der Waals surface area contributed by atoms with E-state index in [1.54, 1.807) is 7.05 Å². The summed E-state index contributed by atoms with van der Waals surface area (Å²) >= 11 is 0. The van der Waals surface area contributed by atoms with Gasteiger partial charge in [0.15, 0.2) is 0 Å². The fourth-order valence-electron chi connectivity index (χ4n) is 3.41. The lowest BCUT2D eigenvalue weighted by Gasteiger charge is -2.20. The first-order valence-corrected chi connectivity index (χ1v) is 7.93. The third kappa shape index (κ3) is 3.05. The van der Waals surface area contributed by atoms with E-state index in [1.165, 1.54) is 19.3 Å². The Hall–Kier alpha value is -1.55. The molecular weight excluding hydrogens is 262 g/mol. The number of benzene rings is 1. The summed E-state index contributed by atoms with van der Waals surface area (Å²) in [5.74, 6) is -0.0287. The van der Waals surface area contributed by atoms with E-state index < -0.39 is 0 Å². The molecule has 4 heteroatoms. The summed E-state index contributed by atoms with van der Waals surface area (Å²) in [5.41, 5.74) is 3.01. The molecule has 1 saturated heterocycles. The minimum atomic E-state index is -0.0287. The maximum absolute atomic E-state index is 11.7. The Morgan fingerprint density at radius 3 is 2.71 bits per heavy atom. The summed E-state index contributed by atoms with van der Waals surface area (Å²) in [6.07, 6.45) is 3.95. The largest absolute Gasteiger partial charge is 0.381 e. The Labute approximate surface area is 126 Å². The average molecular weight is 287 g/mol. The summed E-state index contributed by atoms with van der Waals surface area (Å²) in [4.78, 5) is 14.3. The van der Waals surface area contributed by atoms with Gasteiger partial charge < -0.3 is 10.6 Å². The first-order chi connectivity index (χ1) is 10.1. The van der Waals surface area contributed by atoms with Crippen molar-refractivity contribution in [3.8, 4) is 0 Å². The summed E-state index contributed by atoms with van der Waals surface area (Å²) in [7, 11) is 1.66. The van der Waals surface area contributed by atoms with Gasteiger partial charge >= 0.3 is 0 Å². The van der Waals surface area contributed by atoms with Crippen molar-refractivity contribution in [1.82, 2.24) is 10.2 Å². The minimum absolute atomic E-state index is 0.0287. The van der Waals surface area contributed by atoms with E-state index in [0.29, 0.717) is 12.1 Å². The quantitative estimate of drug-likeness (QED) is 0.894. The molecule has 21 heavy (non-hydrogen) atoms. The molecule has 1 amide bonds. The molecule has 2 fully saturated rings. The Kier molecular flexibility index (Phi) is 3.89. The van der Waals surface area contributed by atoms with Crippen LogP contribution >= 0.6 is 0 Å². The topological polar surface area (TPSA) is 44.4 Å². The van der Waals surface area contributed by atoms with Crippen LogP contribution in [-0.2, 0) is 0 Å². The fraction of sp³-hybridized carbons (Fsp3) is 0.588. The maximum Gasteiger partial charge on any atom is 0.251 e. The highest BCUT2D eigenvalue weighted by Crippen LogP contribution is 2.34. The smallest absolute Gasteiger partial charge is 0.251 e. The number of likely N-dealkylation sites (tertiary alicyclic amines) is 1. The van der Waals surface area contributed by atoms with Gasteiger partial charge in [-0.2, -0.15) is 0 Å². The molecule has 2 atom stereocenters. The molecular formula is C17H25N3O. The van der Waals surface area contributed by atoms with Crippen molar-refractivity contribution in [2.24, 2.45) is 0 Å². The number of hydrogen-bond acceptors (Lipinski definition) is 3. The fourth-order valence-corrected chi connectivity index (χ4v) is 3.41. The standard InChI is InChI=1S/C17H25N3O/c1-11-8-13(17(21)18-3)4-7-16(11)19-14-9-12(2)20(10-14)15-5-6-15/h4,7-8,12,14-15,19H,5-6,9-10H2,1-3H3,(H,18,21). The van der Waals surface area contributed by atoms with Gasteiger partial charge in [0.2, 0.25) is 0 Å². The molecule has 1 aliphatic carbocycles. The van der Waals surface area contributed by atoms with Gasteiger partial charge in [-0.1, -0.05) is 0 Å². The second kappa shape index (κ2) is 5.68. The average Bonchev–Trinajstić information content (AvgIpc) is 3.24. The second-order valence-corrected chi connectivity index (χ2v) is 6.46. The van der Waals surface area contributed by atoms with Crippen molar-refractivity contribution in [3.63, 3.8) is 0 Å². The zero-order valence-corrected chi connectivity index (χ0v) is 13.1. The zero-order valence-electron chi connectivity index (χ0n) is 13.1. The molecule has 0 aromatic heterocycles. The number of nitrogens with zero attached hydrogens (tertiary/aromatic N) is 1. The van der Waals surface area contributed by atoms with Crippen molar-refractivity contribution in [2.45, 2.75) is 51.2 Å². The predicted octanol–water partition coefficient (Wildman–Crippen LogP) is 2.39. The SMILES string of the molecule is CNC(=O)c1ccc(NC2CC(C)N(C3CC3)C2)c(C)c1. The Balaban J connectivity index is 1.66. The highest BCUT2D eigenvalue weighted by Gasteiger charge is 2.38. The molecule has 0 bridgehead atoms. The van der Waals surface area contributed by atoms with Crippen molar-refractivity contribution in [1.29, 1.82) is 0 Å². The van der Waals surface area contributed by atoms with Crippen LogP contribution in [0, 0.1) is 6.92 Å². The molecule has 1 heterocycles. The van der Waals surface area contributed by atoms with Gasteiger partial charge in [0, 0.05) is 43.0 Å². The minimum Gasteiger partial charge on any atom is -0.381 e. The van der Waals surface area contributed by atoms with E-state index in [9.17, 15) is 4.79 Å². The Bertz CT molecular complexity index is 539. The van der Waals surface area contributed by atoms with Gasteiger partial charge in [0.05, 0.1) is 0 Å². The van der Waals surface area contributed by atoms with Gasteiger partial charge in [-0.15, -0.1) is 0 Å². The number of hydrogen-bond donors (Lipinski definition) is 2. The van der Waals surface area contributed by atoms with Gasteiger partial charge in [0.25, 0.3) is 5.91 Å². The summed E-state index contributed by atoms with van der Waals surface area (Å²) < 4.78 is 0. The Morgan fingerprint density at radius 2 is 2.10 bits per heavy atom. The van der Waals surface area contributed by atoms with E-state index in [0.717, 1.165) is 29.4 Å². The molecule has 3 rings (SSSR count). The molecule has 1 saturated carbocycles. The van der Waals surface area contributed by atoms with Crippen molar-refractivity contribution in [2.75, 3.05) is 18.9 Å². The Morgan fingerprint density at radius 1 is 1.33 bits per heavy atom. The van der Waals surface area contributed by atoms with E-state index in [1.807, 2.05) is 18.2 Å². The lowest BCUT2D eigenvalue weighted by Crippen LogP contribution is -2.31. The number of anilines is 1. The molecule has 1 aromatic rings. The molecule has 1 aromatic carbocycles. The lowest BCUT2D eigenvalue weighted by atomic mass is 10.1. The molecule has 2 unspecified atom stereocenters. The maximum atomic E-state index is 11.7. The molecule has 114 valence electrons. The van der Waals surface area contributed by atoms with Crippen LogP contribution in [0.2, 0.25) is 0 Å². The predicted molar refractivity (Wildman–Crippen MR) is 85.8 cm³/mol. The highest BCUT2D eigenvalue weighted by molar-refractivity contribution is 5.94. The van der Waals surface area contributed by atoms with Gasteiger partial charge in [0.1, 0.15) is 0 Å². The molecule has 2 aliphatic rings. The third-order valence-corrected chi connectivity index (χ3v) is 4.71. The number of aryl methyl sites for hydroxylation is 1. The molecule has 1 aliphatic heterocycles. The first-order valence-electron chi connectivity index (χ1n) is 7.93. The van der Waals surface area contributed by atoms with Crippen LogP contribution in [0.3, 0.4) is 0 Å². The molecule has 0 radical (unpaired) electrons. The van der Waals surface area contributed by atoms with Crippen LogP contribution in [0.4, 0.5) is 5.69 Å². The van der Waals surface area contributed by atoms with Crippen molar-refractivity contribution in [3.05, 3.63) is 29.3 Å². The monoisotopic (exact) mass is 287 g/mol.